The van der Waals surface area contributed by atoms with Crippen molar-refractivity contribution in [1.29, 1.82) is 0 Å². The van der Waals surface area contributed by atoms with Crippen molar-refractivity contribution >= 4 is 53.8 Å². The van der Waals surface area contributed by atoms with Crippen molar-refractivity contribution in [3.05, 3.63) is 120 Å². The number of carbonyl (C=O) groups excluding carboxylic acids is 4. The molecule has 10 heteroatoms. The summed E-state index contributed by atoms with van der Waals surface area (Å²) in [5.74, 6) is -0.733. The molecule has 1 aliphatic carbocycles. The molecule has 0 heterocycles. The number of nitrogens with one attached hydrogen (secondary N) is 1. The average molecular weight is 822 g/mol. The van der Waals surface area contributed by atoms with Crippen LogP contribution in [0.25, 0.3) is 21.9 Å². The number of fused-ring (bicyclic) bond motifs is 4. The quantitative estimate of drug-likeness (QED) is 0.0274. The zero-order valence-electron chi connectivity index (χ0n) is 34.5. The van der Waals surface area contributed by atoms with Gasteiger partial charge >= 0.3 is 18.0 Å². The van der Waals surface area contributed by atoms with Gasteiger partial charge in [-0.15, -0.1) is 0 Å². The van der Waals surface area contributed by atoms with Gasteiger partial charge in [-0.25, -0.2) is 9.59 Å². The molecule has 0 unspecified atom stereocenters. The third kappa shape index (κ3) is 13.7. The lowest BCUT2D eigenvalue weighted by Gasteiger charge is -2.22. The van der Waals surface area contributed by atoms with Gasteiger partial charge < -0.3 is 19.5 Å². The largest absolute Gasteiger partial charge is 0.466 e. The lowest BCUT2D eigenvalue weighted by molar-refractivity contribution is -0.154. The van der Waals surface area contributed by atoms with Crippen LogP contribution in [0.4, 0.5) is 4.79 Å². The van der Waals surface area contributed by atoms with Gasteiger partial charge in [0.05, 0.1) is 13.0 Å². The summed E-state index contributed by atoms with van der Waals surface area (Å²) in [6, 6.07) is 29.6. The second kappa shape index (κ2) is 22.5. The van der Waals surface area contributed by atoms with Crippen molar-refractivity contribution in [2.75, 3.05) is 19.0 Å². The molecule has 0 saturated heterocycles. The number of allylic oxidation sites excluding steroid dienone is 1. The Balaban J connectivity index is 1.28. The van der Waals surface area contributed by atoms with E-state index >= 15 is 0 Å². The third-order valence-corrected chi connectivity index (χ3v) is 13.0. The Morgan fingerprint density at radius 2 is 1.48 bits per heavy atom. The minimum atomic E-state index is -1.44. The van der Waals surface area contributed by atoms with Crippen molar-refractivity contribution in [2.45, 2.75) is 108 Å². The first kappa shape index (κ1) is 44.4. The summed E-state index contributed by atoms with van der Waals surface area (Å²) in [5, 5.41) is 4.95. The Labute approximate surface area is 349 Å². The number of esters is 2. The maximum Gasteiger partial charge on any atom is 0.407 e. The van der Waals surface area contributed by atoms with E-state index in [4.69, 9.17) is 14.2 Å². The molecule has 0 aliphatic heterocycles. The molecule has 4 aromatic carbocycles. The molecule has 1 amide bonds. The fourth-order valence-corrected chi connectivity index (χ4v) is 8.66. The van der Waals surface area contributed by atoms with E-state index in [1.165, 1.54) is 24.6 Å². The zero-order chi connectivity index (χ0) is 41.3. The van der Waals surface area contributed by atoms with E-state index in [0.717, 1.165) is 63.9 Å². The Hall–Kier alpha value is -4.67. The fourth-order valence-electron chi connectivity index (χ4n) is 7.17. The number of rotatable bonds is 22. The van der Waals surface area contributed by atoms with Gasteiger partial charge in [0.15, 0.2) is 5.12 Å². The molecule has 58 heavy (non-hydrogen) atoms. The molecule has 308 valence electrons. The van der Waals surface area contributed by atoms with Gasteiger partial charge in [-0.1, -0.05) is 161 Å². The first-order valence-electron chi connectivity index (χ1n) is 20.8. The van der Waals surface area contributed by atoms with Gasteiger partial charge in [-0.2, -0.15) is 0 Å². The van der Waals surface area contributed by atoms with Crippen molar-refractivity contribution in [3.8, 4) is 11.1 Å². The van der Waals surface area contributed by atoms with Crippen molar-refractivity contribution in [3.63, 3.8) is 0 Å². The highest BCUT2D eigenvalue weighted by Gasteiger charge is 2.31. The molecular formula is C48H59NO7SSi. The van der Waals surface area contributed by atoms with Crippen LogP contribution in [0.15, 0.2) is 103 Å². The second-order valence-electron chi connectivity index (χ2n) is 16.2. The topological polar surface area (TPSA) is 108 Å². The van der Waals surface area contributed by atoms with Crippen LogP contribution in [0.3, 0.4) is 0 Å². The second-order valence-corrected chi connectivity index (χ2v) is 23.0. The molecular weight excluding hydrogens is 763 g/mol. The zero-order valence-corrected chi connectivity index (χ0v) is 36.3. The highest BCUT2D eigenvalue weighted by molar-refractivity contribution is 8.13. The van der Waals surface area contributed by atoms with Crippen LogP contribution < -0.4 is 5.32 Å². The van der Waals surface area contributed by atoms with E-state index in [-0.39, 0.29) is 30.5 Å². The monoisotopic (exact) mass is 821 g/mol. The number of ether oxygens (including phenoxy) is 3. The summed E-state index contributed by atoms with van der Waals surface area (Å²) < 4.78 is 17.5. The van der Waals surface area contributed by atoms with Crippen LogP contribution in [0.5, 0.6) is 0 Å². The number of unbranched alkanes of at least 4 members (excludes halogenated alkanes) is 4. The van der Waals surface area contributed by atoms with E-state index in [9.17, 15) is 19.2 Å². The average Bonchev–Trinajstić information content (AvgIpc) is 3.52. The summed E-state index contributed by atoms with van der Waals surface area (Å²) >= 11 is 1.31. The van der Waals surface area contributed by atoms with E-state index in [2.05, 4.69) is 56.1 Å². The van der Waals surface area contributed by atoms with Gasteiger partial charge in [0.2, 0.25) is 0 Å². The first-order chi connectivity index (χ1) is 28.0. The summed E-state index contributed by atoms with van der Waals surface area (Å²) in [4.78, 5) is 53.3. The van der Waals surface area contributed by atoms with Crippen LogP contribution in [-0.4, -0.2) is 62.3 Å². The number of alkyl carbamates (subject to hydrolysis) is 1. The van der Waals surface area contributed by atoms with E-state index in [0.29, 0.717) is 25.2 Å². The molecule has 0 saturated carbocycles. The summed E-state index contributed by atoms with van der Waals surface area (Å²) in [7, 11) is -1.44. The minimum absolute atomic E-state index is 0.0872. The molecule has 1 aliphatic rings. The fraction of sp³-hybridized carbons (Fsp3) is 0.417. The minimum Gasteiger partial charge on any atom is -0.466 e. The van der Waals surface area contributed by atoms with Crippen LogP contribution in [0, 0.1) is 0 Å². The molecule has 0 aromatic heterocycles. The molecule has 0 fully saturated rings. The lowest BCUT2D eigenvalue weighted by Crippen LogP contribution is -2.45. The van der Waals surface area contributed by atoms with Crippen LogP contribution in [0.1, 0.15) is 80.9 Å². The summed E-state index contributed by atoms with van der Waals surface area (Å²) in [5.41, 5.74) is 5.25. The van der Waals surface area contributed by atoms with Gasteiger partial charge in [-0.05, 0) is 63.6 Å². The number of hydrogen-bond acceptors (Lipinski definition) is 8. The normalized spacial score (nSPS) is 13.4. The molecule has 0 radical (unpaired) electrons. The molecule has 8 nitrogen and oxygen atoms in total. The Morgan fingerprint density at radius 3 is 2.21 bits per heavy atom. The van der Waals surface area contributed by atoms with Crippen LogP contribution in [-0.2, 0) is 35.0 Å². The Kier molecular flexibility index (Phi) is 17.2. The molecule has 5 rings (SSSR count). The smallest absolute Gasteiger partial charge is 0.407 e. The van der Waals surface area contributed by atoms with Gasteiger partial charge in [0.1, 0.15) is 18.8 Å². The maximum atomic E-state index is 14.2. The number of amides is 1. The Morgan fingerprint density at radius 1 is 0.810 bits per heavy atom. The number of benzene rings is 4. The van der Waals surface area contributed by atoms with Gasteiger partial charge in [0.25, 0.3) is 0 Å². The van der Waals surface area contributed by atoms with E-state index < -0.39 is 38.3 Å². The molecule has 1 N–H and O–H groups in total. The van der Waals surface area contributed by atoms with Crippen molar-refractivity contribution < 1.29 is 33.4 Å². The molecule has 4 aromatic rings. The number of carbonyl (C=O) groups is 4. The van der Waals surface area contributed by atoms with Crippen LogP contribution in [0.2, 0.25) is 25.7 Å². The standard InChI is InChI=1S/C48H59NO7SSi/c1-5-6-7-8-9-28-46(51)57-30-17-16-22-37(33-45(50)54-29-31-58(2,3)4)56-47(52)44(32-36-21-18-20-35-19-10-11-23-38(35)36)49-48(53)55-34-43-41-26-14-12-24-39(41)40-25-13-15-27-42(40)43/h10-16,18-27,37,43-44H,5-9,17,28-34H2,1-4H3,(H,49,53)/t37-,44+/m1/s1. The van der Waals surface area contributed by atoms with Gasteiger partial charge in [-0.3, -0.25) is 9.59 Å². The van der Waals surface area contributed by atoms with E-state index in [1.807, 2.05) is 72.8 Å². The predicted octanol–water partition coefficient (Wildman–Crippen LogP) is 11.0. The number of hydrogen-bond donors (Lipinski definition) is 1. The number of thioether (sulfide) groups is 1. The summed E-state index contributed by atoms with van der Waals surface area (Å²) in [6.45, 7) is 9.20. The summed E-state index contributed by atoms with van der Waals surface area (Å²) in [6.07, 6.45) is 8.43. The highest BCUT2D eigenvalue weighted by atomic mass is 32.2. The van der Waals surface area contributed by atoms with E-state index in [1.54, 1.807) is 6.08 Å². The highest BCUT2D eigenvalue weighted by Crippen LogP contribution is 2.44. The molecule has 2 atom stereocenters. The molecule has 0 spiro atoms. The van der Waals surface area contributed by atoms with Gasteiger partial charge in [0, 0.05) is 32.6 Å². The Bertz CT molecular complexity index is 1970. The lowest BCUT2D eigenvalue weighted by atomic mass is 9.98. The van der Waals surface area contributed by atoms with Crippen molar-refractivity contribution in [2.24, 2.45) is 0 Å². The molecule has 0 bridgehead atoms. The third-order valence-electron chi connectivity index (χ3n) is 10.4. The first-order valence-corrected chi connectivity index (χ1v) is 25.5. The van der Waals surface area contributed by atoms with Crippen LogP contribution >= 0.6 is 11.8 Å². The predicted molar refractivity (Wildman–Crippen MR) is 238 cm³/mol. The van der Waals surface area contributed by atoms with Crippen molar-refractivity contribution in [1.82, 2.24) is 5.32 Å². The SMILES string of the molecule is CCCCCCCC(=O)SCCC=C[C@H](CC(=O)OCC[Si](C)(C)C)OC(=O)[C@H](Cc1cccc2ccccc12)NC(=O)OCC1c2ccccc2-c2ccccc21. The maximum absolute atomic E-state index is 14.2.